The van der Waals surface area contributed by atoms with Crippen molar-refractivity contribution in [3.05, 3.63) is 42.4 Å². The standard InChI is InChI=1S/C14H14N4/c1-9-7-10(3-4-12(9)15-2)13-11-5-6-16-14(11)18-8-17-13/h3-8,15H,1-2H3,(H,16,17,18). The maximum Gasteiger partial charge on any atom is 0.141 e. The minimum atomic E-state index is 0.871. The fourth-order valence-electron chi connectivity index (χ4n) is 2.19. The Morgan fingerprint density at radius 2 is 2.06 bits per heavy atom. The van der Waals surface area contributed by atoms with E-state index < -0.39 is 0 Å². The molecule has 0 aliphatic heterocycles. The van der Waals surface area contributed by atoms with Crippen molar-refractivity contribution in [2.45, 2.75) is 6.92 Å². The lowest BCUT2D eigenvalue weighted by atomic mass is 10.1. The van der Waals surface area contributed by atoms with E-state index in [0.717, 1.165) is 28.0 Å². The van der Waals surface area contributed by atoms with Crippen LogP contribution in [0.25, 0.3) is 22.3 Å². The first-order chi connectivity index (χ1) is 8.79. The van der Waals surface area contributed by atoms with Gasteiger partial charge in [-0.2, -0.15) is 0 Å². The van der Waals surface area contributed by atoms with Crippen LogP contribution in [-0.2, 0) is 0 Å². The molecule has 0 saturated heterocycles. The molecule has 0 aliphatic rings. The molecule has 2 heterocycles. The van der Waals surface area contributed by atoms with Gasteiger partial charge in [0.05, 0.1) is 5.69 Å². The van der Waals surface area contributed by atoms with E-state index in [4.69, 9.17) is 0 Å². The van der Waals surface area contributed by atoms with Gasteiger partial charge >= 0.3 is 0 Å². The second-order valence-electron chi connectivity index (χ2n) is 4.24. The minimum absolute atomic E-state index is 0.871. The van der Waals surface area contributed by atoms with Gasteiger partial charge in [-0.1, -0.05) is 6.07 Å². The van der Waals surface area contributed by atoms with Crippen molar-refractivity contribution in [1.82, 2.24) is 15.0 Å². The molecule has 4 nitrogen and oxygen atoms in total. The number of hydrogen-bond acceptors (Lipinski definition) is 3. The molecule has 0 atom stereocenters. The maximum absolute atomic E-state index is 4.39. The van der Waals surface area contributed by atoms with Crippen LogP contribution in [0.1, 0.15) is 5.56 Å². The minimum Gasteiger partial charge on any atom is -0.388 e. The SMILES string of the molecule is CNc1ccc(-c2ncnc3[nH]ccc23)cc1C. The second kappa shape index (κ2) is 4.14. The van der Waals surface area contributed by atoms with Gasteiger partial charge in [0.2, 0.25) is 0 Å². The lowest BCUT2D eigenvalue weighted by molar-refractivity contribution is 1.20. The summed E-state index contributed by atoms with van der Waals surface area (Å²) in [4.78, 5) is 11.7. The number of benzene rings is 1. The average molecular weight is 238 g/mol. The number of aromatic amines is 1. The van der Waals surface area contributed by atoms with Crippen LogP contribution in [0.5, 0.6) is 0 Å². The van der Waals surface area contributed by atoms with E-state index in [9.17, 15) is 0 Å². The number of rotatable bonds is 2. The maximum atomic E-state index is 4.39. The van der Waals surface area contributed by atoms with Crippen LogP contribution in [0.2, 0.25) is 0 Å². The number of nitrogens with one attached hydrogen (secondary N) is 2. The molecule has 0 saturated carbocycles. The van der Waals surface area contributed by atoms with Gasteiger partial charge in [0.1, 0.15) is 12.0 Å². The quantitative estimate of drug-likeness (QED) is 0.721. The van der Waals surface area contributed by atoms with Crippen molar-refractivity contribution in [2.24, 2.45) is 0 Å². The van der Waals surface area contributed by atoms with Crippen LogP contribution in [0, 0.1) is 6.92 Å². The smallest absolute Gasteiger partial charge is 0.141 e. The lowest BCUT2D eigenvalue weighted by Gasteiger charge is -2.08. The highest BCUT2D eigenvalue weighted by molar-refractivity contribution is 5.90. The van der Waals surface area contributed by atoms with Gasteiger partial charge in [-0.05, 0) is 30.7 Å². The van der Waals surface area contributed by atoms with E-state index in [1.807, 2.05) is 19.3 Å². The van der Waals surface area contributed by atoms with Gasteiger partial charge in [0.25, 0.3) is 0 Å². The Balaban J connectivity index is 2.20. The monoisotopic (exact) mass is 238 g/mol. The summed E-state index contributed by atoms with van der Waals surface area (Å²) in [5, 5.41) is 4.22. The molecule has 0 unspecified atom stereocenters. The predicted octanol–water partition coefficient (Wildman–Crippen LogP) is 2.98. The summed E-state index contributed by atoms with van der Waals surface area (Å²) in [6.45, 7) is 2.09. The summed E-state index contributed by atoms with van der Waals surface area (Å²) in [5.41, 5.74) is 5.29. The van der Waals surface area contributed by atoms with Crippen LogP contribution in [0.3, 0.4) is 0 Å². The number of fused-ring (bicyclic) bond motifs is 1. The van der Waals surface area contributed by atoms with E-state index in [1.165, 1.54) is 5.56 Å². The third kappa shape index (κ3) is 1.62. The van der Waals surface area contributed by atoms with Gasteiger partial charge < -0.3 is 10.3 Å². The number of hydrogen-bond donors (Lipinski definition) is 2. The summed E-state index contributed by atoms with van der Waals surface area (Å²) in [7, 11) is 1.93. The third-order valence-electron chi connectivity index (χ3n) is 3.12. The molecule has 4 heteroatoms. The van der Waals surface area contributed by atoms with Gasteiger partial charge in [-0.3, -0.25) is 0 Å². The summed E-state index contributed by atoms with van der Waals surface area (Å²) < 4.78 is 0. The van der Waals surface area contributed by atoms with Gasteiger partial charge in [-0.15, -0.1) is 0 Å². The number of aromatic nitrogens is 3. The van der Waals surface area contributed by atoms with Crippen molar-refractivity contribution >= 4 is 16.7 Å². The molecule has 3 rings (SSSR count). The molecule has 0 amide bonds. The molecule has 0 aliphatic carbocycles. The van der Waals surface area contributed by atoms with Crippen LogP contribution in [0.4, 0.5) is 5.69 Å². The Morgan fingerprint density at radius 1 is 1.17 bits per heavy atom. The first-order valence-electron chi connectivity index (χ1n) is 5.86. The highest BCUT2D eigenvalue weighted by atomic mass is 14.9. The van der Waals surface area contributed by atoms with Crippen LogP contribution < -0.4 is 5.32 Å². The molecule has 90 valence electrons. The highest BCUT2D eigenvalue weighted by Gasteiger charge is 2.08. The Hall–Kier alpha value is -2.36. The molecule has 0 fully saturated rings. The number of H-pyrrole nitrogens is 1. The zero-order valence-electron chi connectivity index (χ0n) is 10.4. The normalized spacial score (nSPS) is 10.8. The summed E-state index contributed by atoms with van der Waals surface area (Å²) in [5.74, 6) is 0. The van der Waals surface area contributed by atoms with Crippen molar-refractivity contribution in [3.63, 3.8) is 0 Å². The van der Waals surface area contributed by atoms with E-state index in [1.54, 1.807) is 6.33 Å². The van der Waals surface area contributed by atoms with Crippen molar-refractivity contribution in [1.29, 1.82) is 0 Å². The first kappa shape index (κ1) is 10.8. The number of anilines is 1. The molecule has 2 aromatic heterocycles. The molecule has 3 aromatic rings. The Labute approximate surface area is 105 Å². The zero-order valence-corrected chi connectivity index (χ0v) is 10.4. The summed E-state index contributed by atoms with van der Waals surface area (Å²) in [6.07, 6.45) is 3.48. The average Bonchev–Trinajstić information content (AvgIpc) is 2.86. The van der Waals surface area contributed by atoms with Crippen molar-refractivity contribution < 1.29 is 0 Å². The van der Waals surface area contributed by atoms with E-state index in [0.29, 0.717) is 0 Å². The highest BCUT2D eigenvalue weighted by Crippen LogP contribution is 2.27. The molecular formula is C14H14N4. The van der Waals surface area contributed by atoms with Gasteiger partial charge in [0.15, 0.2) is 0 Å². The zero-order chi connectivity index (χ0) is 12.5. The van der Waals surface area contributed by atoms with E-state index in [-0.39, 0.29) is 0 Å². The third-order valence-corrected chi connectivity index (χ3v) is 3.12. The molecular weight excluding hydrogens is 224 g/mol. The summed E-state index contributed by atoms with van der Waals surface area (Å²) in [6, 6.07) is 8.30. The topological polar surface area (TPSA) is 53.6 Å². The molecule has 0 radical (unpaired) electrons. The Morgan fingerprint density at radius 3 is 2.83 bits per heavy atom. The van der Waals surface area contributed by atoms with Crippen LogP contribution in [0.15, 0.2) is 36.8 Å². The lowest BCUT2D eigenvalue weighted by Crippen LogP contribution is -1.93. The fraction of sp³-hybridized carbons (Fsp3) is 0.143. The number of aryl methyl sites for hydroxylation is 1. The van der Waals surface area contributed by atoms with Gasteiger partial charge in [-0.25, -0.2) is 9.97 Å². The van der Waals surface area contributed by atoms with Crippen LogP contribution >= 0.6 is 0 Å². The van der Waals surface area contributed by atoms with E-state index >= 15 is 0 Å². The van der Waals surface area contributed by atoms with Crippen molar-refractivity contribution in [3.8, 4) is 11.3 Å². The molecule has 0 spiro atoms. The Bertz CT molecular complexity index is 700. The predicted molar refractivity (Wildman–Crippen MR) is 73.6 cm³/mol. The largest absolute Gasteiger partial charge is 0.388 e. The first-order valence-corrected chi connectivity index (χ1v) is 5.86. The number of nitrogens with zero attached hydrogens (tertiary/aromatic N) is 2. The second-order valence-corrected chi connectivity index (χ2v) is 4.24. The van der Waals surface area contributed by atoms with Crippen LogP contribution in [-0.4, -0.2) is 22.0 Å². The van der Waals surface area contributed by atoms with E-state index in [2.05, 4.69) is 45.4 Å². The molecule has 2 N–H and O–H groups in total. The van der Waals surface area contributed by atoms with Gasteiger partial charge in [0, 0.05) is 29.9 Å². The molecule has 1 aromatic carbocycles. The molecule has 18 heavy (non-hydrogen) atoms. The molecule has 0 bridgehead atoms. The fourth-order valence-corrected chi connectivity index (χ4v) is 2.19. The Kier molecular flexibility index (Phi) is 2.48. The van der Waals surface area contributed by atoms with Crippen molar-refractivity contribution in [2.75, 3.05) is 12.4 Å². The summed E-state index contributed by atoms with van der Waals surface area (Å²) >= 11 is 0.